The maximum absolute atomic E-state index is 5.91. The van der Waals surface area contributed by atoms with E-state index in [4.69, 9.17) is 4.74 Å². The molecule has 0 aliphatic carbocycles. The third-order valence-corrected chi connectivity index (χ3v) is 5.73. The number of ether oxygens (including phenoxy) is 1. The van der Waals surface area contributed by atoms with E-state index >= 15 is 0 Å². The highest BCUT2D eigenvalue weighted by Gasteiger charge is 2.10. The molecule has 3 heteroatoms. The SMILES string of the molecule is CCCCCCCCCOc1ccc(C(C)CCCC(C)c2ncc[nH]2)cc1. The maximum atomic E-state index is 5.91. The van der Waals surface area contributed by atoms with Crippen LogP contribution in [0, 0.1) is 0 Å². The van der Waals surface area contributed by atoms with Gasteiger partial charge in [0.25, 0.3) is 0 Å². The van der Waals surface area contributed by atoms with Gasteiger partial charge in [-0.2, -0.15) is 0 Å². The summed E-state index contributed by atoms with van der Waals surface area (Å²) in [6, 6.07) is 8.75. The summed E-state index contributed by atoms with van der Waals surface area (Å²) in [5, 5.41) is 0. The minimum absolute atomic E-state index is 0.504. The molecule has 0 aliphatic heterocycles. The van der Waals surface area contributed by atoms with Gasteiger partial charge in [-0.3, -0.25) is 0 Å². The Balaban J connectivity index is 1.59. The third-order valence-electron chi connectivity index (χ3n) is 5.73. The molecular weight excluding hydrogens is 344 g/mol. The summed E-state index contributed by atoms with van der Waals surface area (Å²) in [7, 11) is 0. The van der Waals surface area contributed by atoms with Crippen molar-refractivity contribution >= 4 is 0 Å². The standard InChI is InChI=1S/C25H40N2O/c1-4-5-6-7-8-9-10-20-28-24-16-14-23(15-17-24)21(2)12-11-13-22(3)25-26-18-19-27-25/h14-19,21-22H,4-13,20H2,1-3H3,(H,26,27). The number of aromatic nitrogens is 2. The molecule has 0 spiro atoms. The first-order chi connectivity index (χ1) is 13.7. The number of benzene rings is 1. The average molecular weight is 385 g/mol. The molecule has 0 saturated heterocycles. The number of aromatic amines is 1. The highest BCUT2D eigenvalue weighted by molar-refractivity contribution is 5.29. The van der Waals surface area contributed by atoms with E-state index in [9.17, 15) is 0 Å². The zero-order valence-corrected chi connectivity index (χ0v) is 18.3. The highest BCUT2D eigenvalue weighted by atomic mass is 16.5. The number of imidazole rings is 1. The van der Waals surface area contributed by atoms with Crippen LogP contribution in [0.15, 0.2) is 36.7 Å². The van der Waals surface area contributed by atoms with E-state index in [1.54, 1.807) is 0 Å². The van der Waals surface area contributed by atoms with Crippen LogP contribution in [0.5, 0.6) is 5.75 Å². The summed E-state index contributed by atoms with van der Waals surface area (Å²) in [6.07, 6.45) is 16.6. The van der Waals surface area contributed by atoms with Crippen LogP contribution in [0.4, 0.5) is 0 Å². The zero-order valence-electron chi connectivity index (χ0n) is 18.3. The molecule has 28 heavy (non-hydrogen) atoms. The predicted molar refractivity (Wildman–Crippen MR) is 119 cm³/mol. The monoisotopic (exact) mass is 384 g/mol. The number of H-pyrrole nitrogens is 1. The number of nitrogens with one attached hydrogen (secondary N) is 1. The first-order valence-electron chi connectivity index (χ1n) is 11.4. The molecular formula is C25H40N2O. The van der Waals surface area contributed by atoms with Crippen LogP contribution < -0.4 is 4.74 Å². The van der Waals surface area contributed by atoms with Crippen LogP contribution in [0.25, 0.3) is 0 Å². The minimum atomic E-state index is 0.504. The fraction of sp³-hybridized carbons (Fsp3) is 0.640. The van der Waals surface area contributed by atoms with Crippen molar-refractivity contribution in [2.75, 3.05) is 6.61 Å². The van der Waals surface area contributed by atoms with E-state index in [0.717, 1.165) is 24.6 Å². The van der Waals surface area contributed by atoms with Crippen molar-refractivity contribution < 1.29 is 4.74 Å². The van der Waals surface area contributed by atoms with Gasteiger partial charge in [-0.1, -0.05) is 77.8 Å². The minimum Gasteiger partial charge on any atom is -0.494 e. The normalized spacial score (nSPS) is 13.4. The largest absolute Gasteiger partial charge is 0.494 e. The summed E-state index contributed by atoms with van der Waals surface area (Å²) >= 11 is 0. The summed E-state index contributed by atoms with van der Waals surface area (Å²) in [6.45, 7) is 7.68. The molecule has 1 aromatic heterocycles. The van der Waals surface area contributed by atoms with Gasteiger partial charge >= 0.3 is 0 Å². The van der Waals surface area contributed by atoms with Gasteiger partial charge in [-0.15, -0.1) is 0 Å². The molecule has 156 valence electrons. The molecule has 0 saturated carbocycles. The fourth-order valence-corrected chi connectivity index (χ4v) is 3.72. The van der Waals surface area contributed by atoms with E-state index in [1.165, 1.54) is 63.4 Å². The van der Waals surface area contributed by atoms with Crippen LogP contribution in [-0.2, 0) is 0 Å². The third kappa shape index (κ3) is 8.50. The van der Waals surface area contributed by atoms with Gasteiger partial charge in [0.1, 0.15) is 11.6 Å². The van der Waals surface area contributed by atoms with Gasteiger partial charge in [-0.25, -0.2) is 4.98 Å². The van der Waals surface area contributed by atoms with Gasteiger partial charge in [0.05, 0.1) is 6.61 Å². The Morgan fingerprint density at radius 3 is 2.21 bits per heavy atom. The number of nitrogens with zero attached hydrogens (tertiary/aromatic N) is 1. The lowest BCUT2D eigenvalue weighted by molar-refractivity contribution is 0.304. The van der Waals surface area contributed by atoms with E-state index < -0.39 is 0 Å². The lowest BCUT2D eigenvalue weighted by Crippen LogP contribution is -2.00. The Hall–Kier alpha value is -1.77. The molecule has 1 heterocycles. The summed E-state index contributed by atoms with van der Waals surface area (Å²) < 4.78 is 5.91. The topological polar surface area (TPSA) is 37.9 Å². The van der Waals surface area contributed by atoms with Gasteiger partial charge in [-0.05, 0) is 42.9 Å². The number of hydrogen-bond donors (Lipinski definition) is 1. The number of hydrogen-bond acceptors (Lipinski definition) is 2. The average Bonchev–Trinajstić information content (AvgIpc) is 3.25. The Bertz CT molecular complexity index is 606. The smallest absolute Gasteiger partial charge is 0.119 e. The Kier molecular flexibility index (Phi) is 10.8. The molecule has 0 aliphatic rings. The van der Waals surface area contributed by atoms with Crippen LogP contribution in [0.1, 0.15) is 108 Å². The fourth-order valence-electron chi connectivity index (χ4n) is 3.72. The van der Waals surface area contributed by atoms with E-state index in [0.29, 0.717) is 11.8 Å². The molecule has 0 fully saturated rings. The van der Waals surface area contributed by atoms with Gasteiger partial charge in [0.2, 0.25) is 0 Å². The van der Waals surface area contributed by atoms with Gasteiger partial charge < -0.3 is 9.72 Å². The predicted octanol–water partition coefficient (Wildman–Crippen LogP) is 7.62. The van der Waals surface area contributed by atoms with Crippen molar-refractivity contribution in [3.8, 4) is 5.75 Å². The first kappa shape index (κ1) is 22.5. The van der Waals surface area contributed by atoms with E-state index in [2.05, 4.69) is 55.0 Å². The van der Waals surface area contributed by atoms with Crippen molar-refractivity contribution in [1.29, 1.82) is 0 Å². The van der Waals surface area contributed by atoms with Crippen LogP contribution >= 0.6 is 0 Å². The quantitative estimate of drug-likeness (QED) is 0.321. The summed E-state index contributed by atoms with van der Waals surface area (Å²) in [5.74, 6) is 3.20. The summed E-state index contributed by atoms with van der Waals surface area (Å²) in [5.41, 5.74) is 1.41. The zero-order chi connectivity index (χ0) is 20.0. The molecule has 3 nitrogen and oxygen atoms in total. The van der Waals surface area contributed by atoms with Crippen molar-refractivity contribution in [3.05, 3.63) is 48.0 Å². The second-order valence-corrected chi connectivity index (χ2v) is 8.25. The number of rotatable bonds is 15. The van der Waals surface area contributed by atoms with Crippen molar-refractivity contribution in [2.24, 2.45) is 0 Å². The summed E-state index contributed by atoms with van der Waals surface area (Å²) in [4.78, 5) is 7.59. The van der Waals surface area contributed by atoms with Crippen molar-refractivity contribution in [3.63, 3.8) is 0 Å². The van der Waals surface area contributed by atoms with Crippen molar-refractivity contribution in [1.82, 2.24) is 9.97 Å². The van der Waals surface area contributed by atoms with Crippen LogP contribution in [-0.4, -0.2) is 16.6 Å². The second-order valence-electron chi connectivity index (χ2n) is 8.25. The number of unbranched alkanes of at least 4 members (excludes halogenated alkanes) is 6. The molecule has 0 amide bonds. The molecule has 2 aromatic rings. The molecule has 2 unspecified atom stereocenters. The maximum Gasteiger partial charge on any atom is 0.119 e. The lowest BCUT2D eigenvalue weighted by atomic mass is 9.93. The molecule has 1 N–H and O–H groups in total. The molecule has 0 bridgehead atoms. The molecule has 1 aromatic carbocycles. The van der Waals surface area contributed by atoms with E-state index in [1.807, 2.05) is 12.4 Å². The van der Waals surface area contributed by atoms with Gasteiger partial charge in [0.15, 0.2) is 0 Å². The lowest BCUT2D eigenvalue weighted by Gasteiger charge is -2.14. The first-order valence-corrected chi connectivity index (χ1v) is 11.4. The van der Waals surface area contributed by atoms with Gasteiger partial charge in [0, 0.05) is 18.3 Å². The van der Waals surface area contributed by atoms with Crippen molar-refractivity contribution in [2.45, 2.75) is 96.8 Å². The molecule has 2 atom stereocenters. The van der Waals surface area contributed by atoms with E-state index in [-0.39, 0.29) is 0 Å². The molecule has 2 rings (SSSR count). The Labute approximate surface area is 172 Å². The van der Waals surface area contributed by atoms with Crippen LogP contribution in [0.2, 0.25) is 0 Å². The van der Waals surface area contributed by atoms with Crippen LogP contribution in [0.3, 0.4) is 0 Å². The second kappa shape index (κ2) is 13.4. The highest BCUT2D eigenvalue weighted by Crippen LogP contribution is 2.26. The Morgan fingerprint density at radius 2 is 1.54 bits per heavy atom. The Morgan fingerprint density at radius 1 is 0.857 bits per heavy atom. The molecule has 0 radical (unpaired) electrons.